The van der Waals surface area contributed by atoms with E-state index in [0.29, 0.717) is 10.0 Å². The maximum Gasteiger partial charge on any atom is 0.255 e. The third-order valence-electron chi connectivity index (χ3n) is 3.58. The van der Waals surface area contributed by atoms with E-state index in [0.717, 1.165) is 25.8 Å². The average Bonchev–Trinajstić information content (AvgIpc) is 2.38. The third-order valence-corrected chi connectivity index (χ3v) is 4.23. The molecule has 2 atom stereocenters. The first-order valence-electron chi connectivity index (χ1n) is 6.52. The summed E-state index contributed by atoms with van der Waals surface area (Å²) in [5.74, 6) is -0.431. The van der Waals surface area contributed by atoms with Crippen molar-refractivity contribution in [2.24, 2.45) is 5.73 Å². The van der Waals surface area contributed by atoms with Crippen LogP contribution in [0, 0.1) is 5.82 Å². The van der Waals surface area contributed by atoms with E-state index in [1.165, 1.54) is 18.2 Å². The minimum absolute atomic E-state index is 0. The highest BCUT2D eigenvalue weighted by Gasteiger charge is 2.30. The van der Waals surface area contributed by atoms with Gasteiger partial charge in [-0.2, -0.15) is 0 Å². The summed E-state index contributed by atoms with van der Waals surface area (Å²) in [6, 6.07) is 4.16. The molecule has 1 aromatic rings. The van der Waals surface area contributed by atoms with E-state index in [4.69, 9.17) is 5.73 Å². The highest BCUT2D eigenvalue weighted by Crippen LogP contribution is 2.25. The zero-order chi connectivity index (χ0) is 14.0. The molecule has 112 valence electrons. The van der Waals surface area contributed by atoms with Crippen LogP contribution in [0.5, 0.6) is 0 Å². The topological polar surface area (TPSA) is 46.3 Å². The lowest BCUT2D eigenvalue weighted by Gasteiger charge is -2.38. The molecule has 20 heavy (non-hydrogen) atoms. The molecule has 1 aliphatic rings. The highest BCUT2D eigenvalue weighted by atomic mass is 79.9. The number of carbonyl (C=O) groups excluding carboxylic acids is 1. The normalized spacial score (nSPS) is 20.2. The van der Waals surface area contributed by atoms with Crippen molar-refractivity contribution in [2.45, 2.75) is 38.3 Å². The number of nitrogens with zero attached hydrogens (tertiary/aromatic N) is 1. The van der Waals surface area contributed by atoms with E-state index < -0.39 is 0 Å². The second kappa shape index (κ2) is 7.38. The largest absolute Gasteiger partial charge is 0.334 e. The minimum atomic E-state index is -0.356. The van der Waals surface area contributed by atoms with E-state index in [-0.39, 0.29) is 36.2 Å². The number of hydrogen-bond acceptors (Lipinski definition) is 2. The van der Waals surface area contributed by atoms with Crippen molar-refractivity contribution in [3.63, 3.8) is 0 Å². The minimum Gasteiger partial charge on any atom is -0.334 e. The predicted molar refractivity (Wildman–Crippen MR) is 83.7 cm³/mol. The molecule has 0 radical (unpaired) electrons. The second-order valence-corrected chi connectivity index (χ2v) is 5.90. The van der Waals surface area contributed by atoms with Gasteiger partial charge in [-0.05, 0) is 60.3 Å². The van der Waals surface area contributed by atoms with Crippen molar-refractivity contribution < 1.29 is 9.18 Å². The summed E-state index contributed by atoms with van der Waals surface area (Å²) in [6.45, 7) is 2.64. The van der Waals surface area contributed by atoms with Crippen molar-refractivity contribution >= 4 is 34.2 Å². The molecule has 2 unspecified atom stereocenters. The van der Waals surface area contributed by atoms with Crippen molar-refractivity contribution in [1.29, 1.82) is 0 Å². The lowest BCUT2D eigenvalue weighted by atomic mass is 9.96. The van der Waals surface area contributed by atoms with E-state index >= 15 is 0 Å². The number of carbonyl (C=O) groups is 1. The molecule has 1 heterocycles. The zero-order valence-corrected chi connectivity index (χ0v) is 13.7. The van der Waals surface area contributed by atoms with Crippen LogP contribution < -0.4 is 5.73 Å². The summed E-state index contributed by atoms with van der Waals surface area (Å²) in [5.41, 5.74) is 6.46. The smallest absolute Gasteiger partial charge is 0.255 e. The fourth-order valence-corrected chi connectivity index (χ4v) is 3.09. The lowest BCUT2D eigenvalue weighted by molar-refractivity contribution is 0.0583. The van der Waals surface area contributed by atoms with Gasteiger partial charge in [0.1, 0.15) is 5.82 Å². The van der Waals surface area contributed by atoms with Crippen LogP contribution in [0.3, 0.4) is 0 Å². The van der Waals surface area contributed by atoms with Crippen LogP contribution in [0.15, 0.2) is 22.7 Å². The molecule has 1 saturated heterocycles. The summed E-state index contributed by atoms with van der Waals surface area (Å²) in [7, 11) is 0. The summed E-state index contributed by atoms with van der Waals surface area (Å²) < 4.78 is 13.6. The first-order chi connectivity index (χ1) is 9.00. The molecule has 6 heteroatoms. The molecule has 2 N–H and O–H groups in total. The van der Waals surface area contributed by atoms with Crippen LogP contribution in [0.25, 0.3) is 0 Å². The van der Waals surface area contributed by atoms with Crippen molar-refractivity contribution in [2.75, 3.05) is 6.54 Å². The Morgan fingerprint density at radius 2 is 2.20 bits per heavy atom. The second-order valence-electron chi connectivity index (χ2n) is 5.04. The van der Waals surface area contributed by atoms with Gasteiger partial charge in [0.25, 0.3) is 5.91 Å². The molecule has 1 amide bonds. The average molecular weight is 366 g/mol. The number of amides is 1. The molecule has 0 aromatic heterocycles. The monoisotopic (exact) mass is 364 g/mol. The molecule has 0 saturated carbocycles. The zero-order valence-electron chi connectivity index (χ0n) is 11.3. The summed E-state index contributed by atoms with van der Waals surface area (Å²) >= 11 is 3.25. The van der Waals surface area contributed by atoms with Crippen molar-refractivity contribution in [3.8, 4) is 0 Å². The number of benzene rings is 1. The molecule has 3 nitrogen and oxygen atoms in total. The predicted octanol–water partition coefficient (Wildman–Crippen LogP) is 3.35. The fraction of sp³-hybridized carbons (Fsp3) is 0.500. The summed E-state index contributed by atoms with van der Waals surface area (Å²) in [6.07, 6.45) is 3.02. The summed E-state index contributed by atoms with van der Waals surface area (Å²) in [4.78, 5) is 14.4. The van der Waals surface area contributed by atoms with E-state index in [1.54, 1.807) is 0 Å². The quantitative estimate of drug-likeness (QED) is 0.873. The summed E-state index contributed by atoms with van der Waals surface area (Å²) in [5, 5.41) is 0. The van der Waals surface area contributed by atoms with Crippen LogP contribution in [-0.4, -0.2) is 29.4 Å². The van der Waals surface area contributed by atoms with Gasteiger partial charge in [-0.3, -0.25) is 4.79 Å². The van der Waals surface area contributed by atoms with Crippen LogP contribution in [0.4, 0.5) is 4.39 Å². The number of likely N-dealkylation sites (tertiary alicyclic amines) is 1. The Labute approximate surface area is 133 Å². The Morgan fingerprint density at radius 1 is 1.50 bits per heavy atom. The van der Waals surface area contributed by atoms with Gasteiger partial charge in [-0.1, -0.05) is 0 Å². The van der Waals surface area contributed by atoms with Gasteiger partial charge in [0.15, 0.2) is 0 Å². The van der Waals surface area contributed by atoms with E-state index in [1.807, 2.05) is 11.8 Å². The van der Waals surface area contributed by atoms with Crippen molar-refractivity contribution in [1.82, 2.24) is 4.90 Å². The fourth-order valence-electron chi connectivity index (χ4n) is 2.57. The molecule has 1 aromatic carbocycles. The van der Waals surface area contributed by atoms with Gasteiger partial charge >= 0.3 is 0 Å². The molecule has 1 fully saturated rings. The number of nitrogens with two attached hydrogens (primary N) is 1. The van der Waals surface area contributed by atoms with Crippen LogP contribution in [0.1, 0.15) is 36.5 Å². The molecule has 0 bridgehead atoms. The SMILES string of the molecule is CC(N)C1CCCCN1C(=O)c1ccc(F)cc1Br.Cl. The van der Waals surface area contributed by atoms with E-state index in [2.05, 4.69) is 15.9 Å². The molecule has 0 spiro atoms. The Balaban J connectivity index is 0.00000200. The standard InChI is InChI=1S/C14H18BrFN2O.ClH/c1-9(17)13-4-2-3-7-18(13)14(19)11-6-5-10(16)8-12(11)15;/h5-6,8-9,13H,2-4,7,17H2,1H3;1H. The van der Waals surface area contributed by atoms with Gasteiger partial charge in [0, 0.05) is 23.1 Å². The Morgan fingerprint density at radius 3 is 2.80 bits per heavy atom. The van der Waals surface area contributed by atoms with Gasteiger partial charge in [-0.15, -0.1) is 12.4 Å². The number of hydrogen-bond donors (Lipinski definition) is 1. The first-order valence-corrected chi connectivity index (χ1v) is 7.31. The van der Waals surface area contributed by atoms with E-state index in [9.17, 15) is 9.18 Å². The van der Waals surface area contributed by atoms with Crippen LogP contribution >= 0.6 is 28.3 Å². The number of halogens is 3. The molecular weight excluding hydrogens is 347 g/mol. The molecule has 2 rings (SSSR count). The Hall–Kier alpha value is -0.650. The Bertz CT molecular complexity index is 484. The van der Waals surface area contributed by atoms with Gasteiger partial charge in [-0.25, -0.2) is 4.39 Å². The van der Waals surface area contributed by atoms with Gasteiger partial charge < -0.3 is 10.6 Å². The first kappa shape index (κ1) is 17.4. The van der Waals surface area contributed by atoms with Crippen LogP contribution in [-0.2, 0) is 0 Å². The lowest BCUT2D eigenvalue weighted by Crippen LogP contribution is -2.51. The third kappa shape index (κ3) is 3.71. The van der Waals surface area contributed by atoms with Crippen LogP contribution in [0.2, 0.25) is 0 Å². The van der Waals surface area contributed by atoms with Gasteiger partial charge in [0.2, 0.25) is 0 Å². The Kier molecular flexibility index (Phi) is 6.43. The number of rotatable bonds is 2. The van der Waals surface area contributed by atoms with Gasteiger partial charge in [0.05, 0.1) is 5.56 Å². The molecule has 0 aliphatic carbocycles. The molecular formula is C14H19BrClFN2O. The maximum atomic E-state index is 13.1. The van der Waals surface area contributed by atoms with Crippen molar-refractivity contribution in [3.05, 3.63) is 34.1 Å². The molecule has 1 aliphatic heterocycles. The number of piperidine rings is 1. The maximum absolute atomic E-state index is 13.1. The highest BCUT2D eigenvalue weighted by molar-refractivity contribution is 9.10.